The first-order valence-corrected chi connectivity index (χ1v) is 10.1. The molecule has 7 heteroatoms. The van der Waals surface area contributed by atoms with Gasteiger partial charge in [0.05, 0.1) is 38.1 Å². The topological polar surface area (TPSA) is 89.3 Å². The lowest BCUT2D eigenvalue weighted by molar-refractivity contribution is 0.324. The summed E-state index contributed by atoms with van der Waals surface area (Å²) in [5, 5.41) is 13.9. The van der Waals surface area contributed by atoms with Gasteiger partial charge in [-0.25, -0.2) is 0 Å². The molecule has 0 atom stereocenters. The minimum absolute atomic E-state index is 0.423. The lowest BCUT2D eigenvalue weighted by Gasteiger charge is -2.16. The number of rotatable bonds is 7. The van der Waals surface area contributed by atoms with Crippen LogP contribution in [0.4, 0.5) is 11.4 Å². The van der Waals surface area contributed by atoms with Crippen molar-refractivity contribution in [2.75, 3.05) is 26.6 Å². The molecule has 1 N–H and O–H groups in total. The van der Waals surface area contributed by atoms with Crippen molar-refractivity contribution in [3.8, 4) is 23.3 Å². The highest BCUT2D eigenvalue weighted by atomic mass is 16.5. The Morgan fingerprint density at radius 2 is 1.58 bits per heavy atom. The molecule has 0 saturated carbocycles. The molecule has 0 amide bonds. The minimum atomic E-state index is 0.423. The number of anilines is 2. The lowest BCUT2D eigenvalue weighted by Crippen LogP contribution is -2.00. The summed E-state index contributed by atoms with van der Waals surface area (Å²) in [6, 6.07) is 15.6. The number of nitrogens with one attached hydrogen (secondary N) is 1. The Kier molecular flexibility index (Phi) is 6.37. The molecule has 0 fully saturated rings. The van der Waals surface area contributed by atoms with Gasteiger partial charge in [-0.15, -0.1) is 0 Å². The highest BCUT2D eigenvalue weighted by molar-refractivity contribution is 5.97. The zero-order valence-electron chi connectivity index (χ0n) is 18.5. The molecule has 2 aromatic carbocycles. The molecular weight excluding hydrogens is 416 g/mol. The highest BCUT2D eigenvalue weighted by Crippen LogP contribution is 2.41. The summed E-state index contributed by atoms with van der Waals surface area (Å²) in [4.78, 5) is 8.48. The number of hydrogen-bond donors (Lipinski definition) is 1. The number of ether oxygens (including phenoxy) is 3. The molecule has 0 spiro atoms. The molecule has 2 aromatic heterocycles. The Morgan fingerprint density at radius 3 is 2.21 bits per heavy atom. The number of hydrogen-bond acceptors (Lipinski definition) is 7. The van der Waals surface area contributed by atoms with Gasteiger partial charge in [0.15, 0.2) is 11.5 Å². The van der Waals surface area contributed by atoms with Crippen molar-refractivity contribution < 1.29 is 14.2 Å². The number of benzene rings is 2. The first-order valence-electron chi connectivity index (χ1n) is 10.1. The Morgan fingerprint density at radius 1 is 0.879 bits per heavy atom. The van der Waals surface area contributed by atoms with E-state index in [4.69, 9.17) is 14.2 Å². The summed E-state index contributed by atoms with van der Waals surface area (Å²) in [6.45, 7) is 0. The number of nitriles is 1. The molecule has 0 unspecified atom stereocenters. The summed E-state index contributed by atoms with van der Waals surface area (Å²) in [6.07, 6.45) is 9.09. The van der Waals surface area contributed by atoms with Crippen LogP contribution in [0.3, 0.4) is 0 Å². The zero-order chi connectivity index (χ0) is 23.2. The highest BCUT2D eigenvalue weighted by Gasteiger charge is 2.16. The second kappa shape index (κ2) is 9.71. The molecule has 4 rings (SSSR count). The quantitative estimate of drug-likeness (QED) is 0.411. The van der Waals surface area contributed by atoms with Crippen LogP contribution >= 0.6 is 0 Å². The molecular formula is C26H22N4O3. The Bertz CT molecular complexity index is 1340. The maximum absolute atomic E-state index is 9.74. The number of fused-ring (bicyclic) bond motifs is 1. The van der Waals surface area contributed by atoms with E-state index in [-0.39, 0.29) is 0 Å². The SMILES string of the molecule is COc1cc(Nc2c(C#N)cnc3ccc(/C=C/c4ccncc4)cc23)cc(OC)c1OC. The molecule has 0 aliphatic heterocycles. The molecule has 4 aromatic rings. The summed E-state index contributed by atoms with van der Waals surface area (Å²) in [5.74, 6) is 1.52. The average molecular weight is 438 g/mol. The van der Waals surface area contributed by atoms with Crippen molar-refractivity contribution in [1.29, 1.82) is 5.26 Å². The van der Waals surface area contributed by atoms with Crippen LogP contribution in [-0.2, 0) is 0 Å². The first-order chi connectivity index (χ1) is 16.2. The number of pyridine rings is 2. The van der Waals surface area contributed by atoms with E-state index in [1.165, 1.54) is 0 Å². The van der Waals surface area contributed by atoms with Gasteiger partial charge in [0.1, 0.15) is 6.07 Å². The second-order valence-electron chi connectivity index (χ2n) is 7.09. The minimum Gasteiger partial charge on any atom is -0.493 e. The summed E-state index contributed by atoms with van der Waals surface area (Å²) in [5.41, 5.74) is 4.55. The normalized spacial score (nSPS) is 10.7. The summed E-state index contributed by atoms with van der Waals surface area (Å²) >= 11 is 0. The van der Waals surface area contributed by atoms with Gasteiger partial charge in [-0.3, -0.25) is 9.97 Å². The average Bonchev–Trinajstić information content (AvgIpc) is 2.87. The summed E-state index contributed by atoms with van der Waals surface area (Å²) < 4.78 is 16.3. The molecule has 2 heterocycles. The largest absolute Gasteiger partial charge is 0.493 e. The van der Waals surface area contributed by atoms with Crippen LogP contribution in [0.2, 0.25) is 0 Å². The number of nitrogens with zero attached hydrogens (tertiary/aromatic N) is 3. The van der Waals surface area contributed by atoms with E-state index >= 15 is 0 Å². The van der Waals surface area contributed by atoms with Crippen LogP contribution in [0.1, 0.15) is 16.7 Å². The summed E-state index contributed by atoms with van der Waals surface area (Å²) in [7, 11) is 4.68. The van der Waals surface area contributed by atoms with Crippen molar-refractivity contribution in [2.45, 2.75) is 0 Å². The second-order valence-corrected chi connectivity index (χ2v) is 7.09. The van der Waals surface area contributed by atoms with Crippen LogP contribution in [0, 0.1) is 11.3 Å². The number of aromatic nitrogens is 2. The van der Waals surface area contributed by atoms with E-state index in [2.05, 4.69) is 21.4 Å². The van der Waals surface area contributed by atoms with Crippen LogP contribution in [0.25, 0.3) is 23.1 Å². The van der Waals surface area contributed by atoms with Crippen LogP contribution in [0.5, 0.6) is 17.2 Å². The predicted octanol–water partition coefficient (Wildman–Crippen LogP) is 5.44. The third-order valence-electron chi connectivity index (χ3n) is 5.12. The van der Waals surface area contributed by atoms with Crippen molar-refractivity contribution in [3.05, 3.63) is 77.7 Å². The first kappa shape index (κ1) is 21.7. The van der Waals surface area contributed by atoms with Gasteiger partial charge in [-0.1, -0.05) is 18.2 Å². The van der Waals surface area contributed by atoms with Gasteiger partial charge in [0.2, 0.25) is 5.75 Å². The maximum atomic E-state index is 9.74. The fourth-order valence-corrected chi connectivity index (χ4v) is 3.50. The lowest BCUT2D eigenvalue weighted by atomic mass is 10.1. The van der Waals surface area contributed by atoms with Crippen LogP contribution in [-0.4, -0.2) is 31.3 Å². The third kappa shape index (κ3) is 4.55. The number of methoxy groups -OCH3 is 3. The van der Waals surface area contributed by atoms with E-state index in [9.17, 15) is 5.26 Å². The fourth-order valence-electron chi connectivity index (χ4n) is 3.50. The van der Waals surface area contributed by atoms with Gasteiger partial charge < -0.3 is 19.5 Å². The van der Waals surface area contributed by atoms with Gasteiger partial charge in [-0.2, -0.15) is 5.26 Å². The van der Waals surface area contributed by atoms with Crippen LogP contribution in [0.15, 0.2) is 61.1 Å². The molecule has 0 aliphatic rings. The Balaban J connectivity index is 1.79. The maximum Gasteiger partial charge on any atom is 0.203 e. The van der Waals surface area contributed by atoms with E-state index in [0.717, 1.165) is 22.0 Å². The van der Waals surface area contributed by atoms with Crippen molar-refractivity contribution in [3.63, 3.8) is 0 Å². The van der Waals surface area contributed by atoms with Crippen LogP contribution < -0.4 is 19.5 Å². The molecule has 164 valence electrons. The van der Waals surface area contributed by atoms with Crippen molar-refractivity contribution >= 4 is 34.4 Å². The third-order valence-corrected chi connectivity index (χ3v) is 5.12. The van der Waals surface area contributed by atoms with Gasteiger partial charge in [0, 0.05) is 41.8 Å². The smallest absolute Gasteiger partial charge is 0.203 e. The monoisotopic (exact) mass is 438 g/mol. The molecule has 0 aliphatic carbocycles. The Hall–Kier alpha value is -4.57. The van der Waals surface area contributed by atoms with E-state index in [1.54, 1.807) is 52.1 Å². The molecule has 0 bridgehead atoms. The Labute approximate surface area is 191 Å². The molecule has 33 heavy (non-hydrogen) atoms. The van der Waals surface area contributed by atoms with Crippen molar-refractivity contribution in [2.24, 2.45) is 0 Å². The van der Waals surface area contributed by atoms with Gasteiger partial charge >= 0.3 is 0 Å². The molecule has 0 saturated heterocycles. The van der Waals surface area contributed by atoms with Gasteiger partial charge in [0.25, 0.3) is 0 Å². The fraction of sp³-hybridized carbons (Fsp3) is 0.115. The van der Waals surface area contributed by atoms with E-state index < -0.39 is 0 Å². The van der Waals surface area contributed by atoms with E-state index in [0.29, 0.717) is 34.2 Å². The van der Waals surface area contributed by atoms with Gasteiger partial charge in [-0.05, 0) is 35.4 Å². The predicted molar refractivity (Wildman–Crippen MR) is 129 cm³/mol. The van der Waals surface area contributed by atoms with Crippen molar-refractivity contribution in [1.82, 2.24) is 9.97 Å². The molecule has 7 nitrogen and oxygen atoms in total. The molecule has 0 radical (unpaired) electrons. The van der Waals surface area contributed by atoms with E-state index in [1.807, 2.05) is 42.5 Å². The standard InChI is InChI=1S/C26H22N4O3/c1-31-23-13-20(14-24(32-2)26(23)33-3)30-25-19(15-27)16-29-22-7-6-18(12-21(22)25)5-4-17-8-10-28-11-9-17/h4-14,16H,1-3H3,(H,29,30)/b5-4+. The zero-order valence-corrected chi connectivity index (χ0v) is 18.5.